The number of fused-ring (bicyclic) bond motifs is 1. The molecule has 6 heteroatoms. The normalized spacial score (nSPS) is 18.1. The number of amides is 1. The molecule has 6 nitrogen and oxygen atoms in total. The minimum atomic E-state index is -0.671. The maximum atomic E-state index is 13.1. The van der Waals surface area contributed by atoms with Crippen molar-refractivity contribution in [2.45, 2.75) is 32.2 Å². The summed E-state index contributed by atoms with van der Waals surface area (Å²) in [5, 5.41) is 12.2. The Kier molecular flexibility index (Phi) is 5.80. The van der Waals surface area contributed by atoms with Crippen LogP contribution >= 0.6 is 0 Å². The molecule has 0 saturated carbocycles. The first-order valence-electron chi connectivity index (χ1n) is 10.6. The van der Waals surface area contributed by atoms with Gasteiger partial charge >= 0.3 is 0 Å². The van der Waals surface area contributed by atoms with Gasteiger partial charge in [0.05, 0.1) is 24.3 Å². The molecule has 1 aliphatic heterocycles. The lowest BCUT2D eigenvalue weighted by atomic mass is 9.94. The molecule has 31 heavy (non-hydrogen) atoms. The molecule has 3 aromatic rings. The van der Waals surface area contributed by atoms with E-state index in [1.807, 2.05) is 30.5 Å². The van der Waals surface area contributed by atoms with E-state index in [4.69, 9.17) is 4.74 Å². The molecule has 2 aromatic carbocycles. The summed E-state index contributed by atoms with van der Waals surface area (Å²) < 4.78 is 5.38. The van der Waals surface area contributed by atoms with Gasteiger partial charge in [-0.3, -0.25) is 9.59 Å². The monoisotopic (exact) mass is 418 g/mol. The molecule has 2 heterocycles. The van der Waals surface area contributed by atoms with Crippen LogP contribution in [0.2, 0.25) is 0 Å². The number of methoxy groups -OCH3 is 1. The van der Waals surface area contributed by atoms with Crippen LogP contribution in [0.5, 0.6) is 5.75 Å². The van der Waals surface area contributed by atoms with Gasteiger partial charge in [0.25, 0.3) is 11.7 Å². The van der Waals surface area contributed by atoms with E-state index in [0.717, 1.165) is 35.7 Å². The maximum Gasteiger partial charge on any atom is 0.295 e. The molecule has 1 unspecified atom stereocenters. The molecule has 1 aromatic heterocycles. The van der Waals surface area contributed by atoms with Crippen molar-refractivity contribution >= 4 is 28.4 Å². The number of nitrogens with one attached hydrogen (secondary N) is 1. The summed E-state index contributed by atoms with van der Waals surface area (Å²) in [6.45, 7) is 2.54. The summed E-state index contributed by atoms with van der Waals surface area (Å²) in [7, 11) is 1.51. The minimum absolute atomic E-state index is 0.0933. The quantitative estimate of drug-likeness (QED) is 0.250. The van der Waals surface area contributed by atoms with Crippen molar-refractivity contribution in [3.05, 3.63) is 71.4 Å². The highest BCUT2D eigenvalue weighted by Gasteiger charge is 2.46. The van der Waals surface area contributed by atoms with Gasteiger partial charge in [0, 0.05) is 29.2 Å². The number of carbonyl (C=O) groups is 2. The third-order valence-corrected chi connectivity index (χ3v) is 5.82. The maximum absolute atomic E-state index is 13.1. The third-order valence-electron chi connectivity index (χ3n) is 5.82. The van der Waals surface area contributed by atoms with E-state index in [1.54, 1.807) is 29.2 Å². The molecule has 1 fully saturated rings. The van der Waals surface area contributed by atoms with Gasteiger partial charge in [-0.1, -0.05) is 50.1 Å². The lowest BCUT2D eigenvalue weighted by Gasteiger charge is -2.25. The number of H-pyrrole nitrogens is 1. The predicted octanol–water partition coefficient (Wildman–Crippen LogP) is 4.79. The number of aliphatic hydroxyl groups excluding tert-OH is 1. The van der Waals surface area contributed by atoms with Gasteiger partial charge in [0.1, 0.15) is 11.5 Å². The highest BCUT2D eigenvalue weighted by Crippen LogP contribution is 2.43. The third kappa shape index (κ3) is 3.58. The van der Waals surface area contributed by atoms with Gasteiger partial charge in [0.15, 0.2) is 0 Å². The van der Waals surface area contributed by atoms with Crippen LogP contribution in [0.15, 0.2) is 60.3 Å². The Morgan fingerprint density at radius 1 is 1.10 bits per heavy atom. The average Bonchev–Trinajstić information content (AvgIpc) is 3.33. The molecule has 1 atom stereocenters. The number of Topliss-reactive ketones (excluding diaryl/α,β-unsaturated/α-hetero) is 1. The van der Waals surface area contributed by atoms with Crippen molar-refractivity contribution in [3.8, 4) is 5.75 Å². The van der Waals surface area contributed by atoms with E-state index in [2.05, 4.69) is 11.9 Å². The summed E-state index contributed by atoms with van der Waals surface area (Å²) in [4.78, 5) is 31.0. The Hall–Kier alpha value is -3.54. The number of aromatic amines is 1. The number of unbranched alkanes of at least 4 members (excludes halogenated alkanes) is 2. The molecule has 2 N–H and O–H groups in total. The largest absolute Gasteiger partial charge is 0.507 e. The van der Waals surface area contributed by atoms with Crippen molar-refractivity contribution in [2.75, 3.05) is 13.7 Å². The van der Waals surface area contributed by atoms with Gasteiger partial charge in [0.2, 0.25) is 0 Å². The van der Waals surface area contributed by atoms with E-state index in [9.17, 15) is 14.7 Å². The van der Waals surface area contributed by atoms with Crippen molar-refractivity contribution in [3.63, 3.8) is 0 Å². The fraction of sp³-hybridized carbons (Fsp3) is 0.280. The molecular formula is C25H26N2O4. The van der Waals surface area contributed by atoms with Crippen LogP contribution in [0.1, 0.15) is 43.4 Å². The second-order valence-electron chi connectivity index (χ2n) is 7.69. The smallest absolute Gasteiger partial charge is 0.295 e. The molecule has 1 aliphatic rings. The summed E-state index contributed by atoms with van der Waals surface area (Å²) in [6.07, 6.45) is 4.57. The van der Waals surface area contributed by atoms with Crippen molar-refractivity contribution in [1.82, 2.24) is 9.88 Å². The number of aromatic nitrogens is 1. The van der Waals surface area contributed by atoms with Crippen LogP contribution < -0.4 is 4.74 Å². The summed E-state index contributed by atoms with van der Waals surface area (Å²) in [5.41, 5.74) is 2.19. The number of likely N-dealkylation sites (tertiary alicyclic amines) is 1. The SMILES string of the molecule is CCCCCN1C(=O)C(=O)/C(=C(/O)c2ccccc2OC)C1c1c[nH]c2ccccc12. The Morgan fingerprint density at radius 2 is 1.84 bits per heavy atom. The topological polar surface area (TPSA) is 82.6 Å². The zero-order chi connectivity index (χ0) is 22.0. The molecule has 0 bridgehead atoms. The highest BCUT2D eigenvalue weighted by atomic mass is 16.5. The Labute approximate surface area is 181 Å². The fourth-order valence-electron chi connectivity index (χ4n) is 4.27. The molecule has 1 amide bonds. The number of benzene rings is 2. The van der Waals surface area contributed by atoms with Crippen LogP contribution in [-0.4, -0.2) is 40.3 Å². The van der Waals surface area contributed by atoms with Gasteiger partial charge in [-0.2, -0.15) is 0 Å². The van der Waals surface area contributed by atoms with Crippen LogP contribution in [-0.2, 0) is 9.59 Å². The van der Waals surface area contributed by atoms with Crippen LogP contribution in [0.4, 0.5) is 0 Å². The number of ketones is 1. The zero-order valence-corrected chi connectivity index (χ0v) is 17.7. The number of ether oxygens (including phenoxy) is 1. The summed E-state index contributed by atoms with van der Waals surface area (Å²) in [6, 6.07) is 14.0. The first-order chi connectivity index (χ1) is 15.1. The fourth-order valence-corrected chi connectivity index (χ4v) is 4.27. The highest BCUT2D eigenvalue weighted by molar-refractivity contribution is 6.46. The number of para-hydroxylation sites is 2. The average molecular weight is 418 g/mol. The second-order valence-corrected chi connectivity index (χ2v) is 7.69. The van der Waals surface area contributed by atoms with E-state index in [0.29, 0.717) is 17.9 Å². The van der Waals surface area contributed by atoms with Gasteiger partial charge in [-0.25, -0.2) is 0 Å². The van der Waals surface area contributed by atoms with Crippen molar-refractivity contribution in [1.29, 1.82) is 0 Å². The van der Waals surface area contributed by atoms with Gasteiger partial charge < -0.3 is 19.7 Å². The summed E-state index contributed by atoms with van der Waals surface area (Å²) >= 11 is 0. The number of hydrogen-bond donors (Lipinski definition) is 2. The minimum Gasteiger partial charge on any atom is -0.507 e. The Morgan fingerprint density at radius 3 is 2.61 bits per heavy atom. The van der Waals surface area contributed by atoms with Gasteiger partial charge in [-0.05, 0) is 24.6 Å². The van der Waals surface area contributed by atoms with Gasteiger partial charge in [-0.15, -0.1) is 0 Å². The number of rotatable bonds is 7. The number of hydrogen-bond acceptors (Lipinski definition) is 4. The molecular weight excluding hydrogens is 392 g/mol. The van der Waals surface area contributed by atoms with E-state index in [1.165, 1.54) is 7.11 Å². The zero-order valence-electron chi connectivity index (χ0n) is 17.7. The van der Waals surface area contributed by atoms with E-state index < -0.39 is 17.7 Å². The molecule has 1 saturated heterocycles. The standard InChI is InChI=1S/C25H26N2O4/c1-3-4-9-14-27-22(18-15-26-19-12-7-5-10-16(18)19)21(24(29)25(27)30)23(28)17-11-6-8-13-20(17)31-2/h5-8,10-13,15,22,26,28H,3-4,9,14H2,1-2H3/b23-21+. The molecule has 4 rings (SSSR count). The van der Waals surface area contributed by atoms with Crippen LogP contribution in [0.25, 0.3) is 16.7 Å². The first kappa shape index (κ1) is 20.7. The molecule has 160 valence electrons. The van der Waals surface area contributed by atoms with Crippen molar-refractivity contribution in [2.24, 2.45) is 0 Å². The predicted molar refractivity (Wildman–Crippen MR) is 120 cm³/mol. The number of aliphatic hydroxyl groups is 1. The molecule has 0 spiro atoms. The Balaban J connectivity index is 1.91. The number of carbonyl (C=O) groups excluding carboxylic acids is 2. The van der Waals surface area contributed by atoms with Crippen LogP contribution in [0, 0.1) is 0 Å². The Bertz CT molecular complexity index is 1160. The first-order valence-corrected chi connectivity index (χ1v) is 10.6. The van der Waals surface area contributed by atoms with Crippen LogP contribution in [0.3, 0.4) is 0 Å². The van der Waals surface area contributed by atoms with Crippen molar-refractivity contribution < 1.29 is 19.4 Å². The van der Waals surface area contributed by atoms with E-state index in [-0.39, 0.29) is 11.3 Å². The van der Waals surface area contributed by atoms with E-state index >= 15 is 0 Å². The molecule has 0 radical (unpaired) electrons. The molecule has 0 aliphatic carbocycles. The summed E-state index contributed by atoms with van der Waals surface area (Å²) in [5.74, 6) is -1.03. The second kappa shape index (κ2) is 8.68. The lowest BCUT2D eigenvalue weighted by molar-refractivity contribution is -0.139. The lowest BCUT2D eigenvalue weighted by Crippen LogP contribution is -2.30. The number of nitrogens with zero attached hydrogens (tertiary/aromatic N) is 1.